The van der Waals surface area contributed by atoms with Crippen molar-refractivity contribution in [3.63, 3.8) is 0 Å². The van der Waals surface area contributed by atoms with Crippen LogP contribution < -0.4 is 0 Å². The monoisotopic (exact) mass is 354 g/mol. The highest BCUT2D eigenvalue weighted by Crippen LogP contribution is 2.22. The van der Waals surface area contributed by atoms with Gasteiger partial charge in [0.15, 0.2) is 0 Å². The minimum Gasteiger partial charge on any atom is -0.155 e. The quantitative estimate of drug-likeness (QED) is 0.391. The van der Waals surface area contributed by atoms with Crippen LogP contribution in [-0.4, -0.2) is 11.4 Å². The molecule has 0 bridgehead atoms. The minimum absolute atomic E-state index is 0.148. The summed E-state index contributed by atoms with van der Waals surface area (Å²) in [6.45, 7) is 8.67. The Morgan fingerprint density at radius 1 is 0.593 bits per heavy atom. The van der Waals surface area contributed by atoms with Crippen molar-refractivity contribution in [2.75, 3.05) is 0 Å². The second kappa shape index (κ2) is 8.13. The summed E-state index contributed by atoms with van der Waals surface area (Å²) < 4.78 is 0. The molecule has 2 heteroatoms. The minimum atomic E-state index is 0.148. The van der Waals surface area contributed by atoms with Crippen LogP contribution in [0.25, 0.3) is 0 Å². The molecule has 0 fully saturated rings. The summed E-state index contributed by atoms with van der Waals surface area (Å²) in [6, 6.07) is 29.0. The molecule has 0 atom stereocenters. The first kappa shape index (κ1) is 18.8. The van der Waals surface area contributed by atoms with Crippen molar-refractivity contribution in [2.24, 2.45) is 10.2 Å². The molecule has 27 heavy (non-hydrogen) atoms. The Balaban J connectivity index is 1.96. The van der Waals surface area contributed by atoms with Crippen LogP contribution in [0.15, 0.2) is 95.1 Å². The van der Waals surface area contributed by atoms with Gasteiger partial charge in [-0.3, -0.25) is 0 Å². The maximum Gasteiger partial charge on any atom is 0.100 e. The van der Waals surface area contributed by atoms with Gasteiger partial charge in [0.1, 0.15) is 5.71 Å². The Bertz CT molecular complexity index is 888. The molecule has 0 saturated heterocycles. The number of nitrogens with zero attached hydrogens (tertiary/aromatic N) is 2. The number of hydrogen-bond donors (Lipinski definition) is 0. The van der Waals surface area contributed by atoms with E-state index < -0.39 is 0 Å². The van der Waals surface area contributed by atoms with Crippen LogP contribution in [0.1, 0.15) is 49.9 Å². The van der Waals surface area contributed by atoms with Crippen molar-refractivity contribution in [2.45, 2.75) is 33.1 Å². The van der Waals surface area contributed by atoms with Gasteiger partial charge < -0.3 is 0 Å². The molecule has 2 nitrogen and oxygen atoms in total. The zero-order valence-corrected chi connectivity index (χ0v) is 16.5. The summed E-state index contributed by atoms with van der Waals surface area (Å²) in [5, 5.41) is 9.16. The molecule has 0 aliphatic carbocycles. The lowest BCUT2D eigenvalue weighted by atomic mass is 9.86. The molecule has 0 amide bonds. The van der Waals surface area contributed by atoms with E-state index in [1.54, 1.807) is 0 Å². The third kappa shape index (κ3) is 4.79. The molecular weight excluding hydrogens is 328 g/mol. The lowest BCUT2D eigenvalue weighted by Gasteiger charge is -2.19. The van der Waals surface area contributed by atoms with Crippen LogP contribution in [0.3, 0.4) is 0 Å². The second-order valence-corrected chi connectivity index (χ2v) is 7.69. The predicted molar refractivity (Wildman–Crippen MR) is 116 cm³/mol. The standard InChI is InChI=1S/C25H26N2/c1-19(20-15-17-23(18-16-20)25(2,3)4)26-27-24(21-11-7-5-8-12-21)22-13-9-6-10-14-22/h5-18H,1-4H3. The van der Waals surface area contributed by atoms with E-state index in [4.69, 9.17) is 0 Å². The molecule has 0 unspecified atom stereocenters. The highest BCUT2D eigenvalue weighted by molar-refractivity contribution is 6.13. The Hall–Kier alpha value is -3.00. The van der Waals surface area contributed by atoms with Gasteiger partial charge in [0, 0.05) is 11.1 Å². The fourth-order valence-electron chi connectivity index (χ4n) is 2.87. The molecule has 3 aromatic rings. The molecule has 0 saturated carbocycles. The summed E-state index contributed by atoms with van der Waals surface area (Å²) >= 11 is 0. The largest absolute Gasteiger partial charge is 0.155 e. The SMILES string of the molecule is CC(=NN=C(c1ccccc1)c1ccccc1)c1ccc(C(C)(C)C)cc1. The van der Waals surface area contributed by atoms with E-state index in [0.29, 0.717) is 0 Å². The normalized spacial score (nSPS) is 11.9. The van der Waals surface area contributed by atoms with Crippen LogP contribution in [0, 0.1) is 0 Å². The lowest BCUT2D eigenvalue weighted by molar-refractivity contribution is 0.590. The average molecular weight is 354 g/mol. The van der Waals surface area contributed by atoms with Gasteiger partial charge in [-0.1, -0.05) is 106 Å². The van der Waals surface area contributed by atoms with E-state index in [1.165, 1.54) is 5.56 Å². The fourth-order valence-corrected chi connectivity index (χ4v) is 2.87. The Labute approximate surface area is 162 Å². The summed E-state index contributed by atoms with van der Waals surface area (Å²) in [7, 11) is 0. The van der Waals surface area contributed by atoms with Crippen LogP contribution in [-0.2, 0) is 5.41 Å². The van der Waals surface area contributed by atoms with Crippen molar-refractivity contribution >= 4 is 11.4 Å². The van der Waals surface area contributed by atoms with Gasteiger partial charge in [-0.2, -0.15) is 5.10 Å². The second-order valence-electron chi connectivity index (χ2n) is 7.69. The van der Waals surface area contributed by atoms with Gasteiger partial charge in [-0.05, 0) is 23.5 Å². The molecular formula is C25H26N2. The average Bonchev–Trinajstić information content (AvgIpc) is 2.69. The van der Waals surface area contributed by atoms with Crippen molar-refractivity contribution in [1.82, 2.24) is 0 Å². The summed E-state index contributed by atoms with van der Waals surface area (Å²) in [5.41, 5.74) is 6.45. The molecule has 0 aliphatic rings. The van der Waals surface area contributed by atoms with E-state index in [2.05, 4.69) is 79.5 Å². The van der Waals surface area contributed by atoms with Gasteiger partial charge in [-0.25, -0.2) is 0 Å². The number of benzene rings is 3. The topological polar surface area (TPSA) is 24.7 Å². The highest BCUT2D eigenvalue weighted by atomic mass is 15.2. The van der Waals surface area contributed by atoms with Gasteiger partial charge in [0.2, 0.25) is 0 Å². The number of hydrogen-bond acceptors (Lipinski definition) is 2. The third-order valence-corrected chi connectivity index (χ3v) is 4.56. The van der Waals surface area contributed by atoms with E-state index in [1.807, 2.05) is 43.3 Å². The molecule has 0 N–H and O–H groups in total. The van der Waals surface area contributed by atoms with Crippen LogP contribution >= 0.6 is 0 Å². The first-order valence-electron chi connectivity index (χ1n) is 9.29. The molecule has 0 aromatic heterocycles. The molecule has 3 aromatic carbocycles. The van der Waals surface area contributed by atoms with Crippen molar-refractivity contribution in [1.29, 1.82) is 0 Å². The molecule has 0 radical (unpaired) electrons. The first-order chi connectivity index (χ1) is 12.9. The Morgan fingerprint density at radius 2 is 1.07 bits per heavy atom. The maximum absolute atomic E-state index is 4.62. The summed E-state index contributed by atoms with van der Waals surface area (Å²) in [4.78, 5) is 0. The first-order valence-corrected chi connectivity index (χ1v) is 9.29. The van der Waals surface area contributed by atoms with E-state index >= 15 is 0 Å². The van der Waals surface area contributed by atoms with Gasteiger partial charge in [0.05, 0.1) is 5.71 Å². The zero-order chi connectivity index (χ0) is 19.3. The van der Waals surface area contributed by atoms with E-state index in [-0.39, 0.29) is 5.41 Å². The summed E-state index contributed by atoms with van der Waals surface area (Å²) in [5.74, 6) is 0. The maximum atomic E-state index is 4.62. The van der Waals surface area contributed by atoms with Gasteiger partial charge in [0.25, 0.3) is 0 Å². The van der Waals surface area contributed by atoms with E-state index in [0.717, 1.165) is 28.1 Å². The van der Waals surface area contributed by atoms with Crippen molar-refractivity contribution < 1.29 is 0 Å². The number of rotatable bonds is 4. The van der Waals surface area contributed by atoms with Gasteiger partial charge >= 0.3 is 0 Å². The highest BCUT2D eigenvalue weighted by Gasteiger charge is 2.13. The Kier molecular flexibility index (Phi) is 5.66. The summed E-state index contributed by atoms with van der Waals surface area (Å²) in [6.07, 6.45) is 0. The zero-order valence-electron chi connectivity index (χ0n) is 16.5. The van der Waals surface area contributed by atoms with Crippen LogP contribution in [0.5, 0.6) is 0 Å². The Morgan fingerprint density at radius 3 is 1.52 bits per heavy atom. The van der Waals surface area contributed by atoms with Crippen LogP contribution in [0.4, 0.5) is 0 Å². The van der Waals surface area contributed by atoms with Crippen molar-refractivity contribution in [3.8, 4) is 0 Å². The fraction of sp³-hybridized carbons (Fsp3) is 0.200. The predicted octanol–water partition coefficient (Wildman–Crippen LogP) is 6.25. The molecule has 0 spiro atoms. The van der Waals surface area contributed by atoms with E-state index in [9.17, 15) is 0 Å². The molecule has 0 aliphatic heterocycles. The third-order valence-electron chi connectivity index (χ3n) is 4.56. The molecule has 3 rings (SSSR count). The van der Waals surface area contributed by atoms with Crippen molar-refractivity contribution in [3.05, 3.63) is 107 Å². The molecule has 0 heterocycles. The lowest BCUT2D eigenvalue weighted by Crippen LogP contribution is -2.11. The molecule has 136 valence electrons. The van der Waals surface area contributed by atoms with Gasteiger partial charge in [-0.15, -0.1) is 5.10 Å². The smallest absolute Gasteiger partial charge is 0.100 e. The van der Waals surface area contributed by atoms with Crippen LogP contribution in [0.2, 0.25) is 0 Å².